The maximum atomic E-state index is 14.0. The zero-order valence-electron chi connectivity index (χ0n) is 20.6. The minimum absolute atomic E-state index is 0.128. The third-order valence-electron chi connectivity index (χ3n) is 6.69. The Hall–Kier alpha value is -4.59. The van der Waals surface area contributed by atoms with E-state index in [2.05, 4.69) is 5.16 Å². The van der Waals surface area contributed by atoms with Gasteiger partial charge in [0.2, 0.25) is 6.10 Å². The Bertz CT molecular complexity index is 1570. The summed E-state index contributed by atoms with van der Waals surface area (Å²) in [6, 6.07) is 25.1. The lowest BCUT2D eigenvalue weighted by Gasteiger charge is -2.30. The van der Waals surface area contributed by atoms with Crippen molar-refractivity contribution in [2.45, 2.75) is 26.1 Å². The second-order valence-electron chi connectivity index (χ2n) is 9.07. The summed E-state index contributed by atoms with van der Waals surface area (Å²) in [4.78, 5) is 20.5. The summed E-state index contributed by atoms with van der Waals surface area (Å²) in [7, 11) is 1.96. The van der Waals surface area contributed by atoms with Crippen LogP contribution in [0.4, 0.5) is 0 Å². The van der Waals surface area contributed by atoms with Gasteiger partial charge in [-0.2, -0.15) is 0 Å². The van der Waals surface area contributed by atoms with Gasteiger partial charge in [-0.1, -0.05) is 59.8 Å². The molecule has 1 amide bonds. The van der Waals surface area contributed by atoms with Crippen molar-refractivity contribution in [2.75, 3.05) is 6.61 Å². The Morgan fingerprint density at radius 2 is 1.70 bits per heavy atom. The van der Waals surface area contributed by atoms with Crippen molar-refractivity contribution in [3.63, 3.8) is 0 Å². The largest absolute Gasteiger partial charge is 0.485 e. The summed E-state index contributed by atoms with van der Waals surface area (Å²) in [5.74, 6) is 2.42. The summed E-state index contributed by atoms with van der Waals surface area (Å²) < 4.78 is 19.5. The zero-order chi connectivity index (χ0) is 25.4. The molecule has 1 atom stereocenters. The molecule has 0 fully saturated rings. The van der Waals surface area contributed by atoms with Crippen molar-refractivity contribution in [1.29, 1.82) is 0 Å². The van der Waals surface area contributed by atoms with Crippen molar-refractivity contribution in [2.24, 2.45) is 7.05 Å². The number of carbonyl (C=O) groups is 1. The highest BCUT2D eigenvalue weighted by Gasteiger charge is 2.33. The molecule has 0 bridgehead atoms. The Morgan fingerprint density at radius 1 is 0.973 bits per heavy atom. The van der Waals surface area contributed by atoms with Crippen molar-refractivity contribution in [3.05, 3.63) is 96.0 Å². The number of nitrogens with zero attached hydrogens (tertiary/aromatic N) is 4. The second-order valence-corrected chi connectivity index (χ2v) is 9.07. The van der Waals surface area contributed by atoms with Crippen molar-refractivity contribution < 1.29 is 18.8 Å². The highest BCUT2D eigenvalue weighted by molar-refractivity contribution is 5.82. The summed E-state index contributed by atoms with van der Waals surface area (Å²) in [5, 5.41) is 4.31. The Balaban J connectivity index is 1.36. The monoisotopic (exact) mass is 494 g/mol. The van der Waals surface area contributed by atoms with Gasteiger partial charge in [0.25, 0.3) is 5.91 Å². The van der Waals surface area contributed by atoms with Crippen molar-refractivity contribution >= 4 is 16.9 Å². The highest BCUT2D eigenvalue weighted by Crippen LogP contribution is 2.32. The molecule has 186 valence electrons. The number of benzene rings is 3. The quantitative estimate of drug-likeness (QED) is 0.334. The van der Waals surface area contributed by atoms with Crippen molar-refractivity contribution in [3.8, 4) is 22.8 Å². The zero-order valence-corrected chi connectivity index (χ0v) is 20.6. The van der Waals surface area contributed by atoms with E-state index in [9.17, 15) is 4.79 Å². The fourth-order valence-corrected chi connectivity index (χ4v) is 4.66. The van der Waals surface area contributed by atoms with Crippen LogP contribution in [0.2, 0.25) is 0 Å². The van der Waals surface area contributed by atoms with Gasteiger partial charge in [-0.25, -0.2) is 4.98 Å². The van der Waals surface area contributed by atoms with E-state index in [4.69, 9.17) is 19.0 Å². The Morgan fingerprint density at radius 3 is 2.51 bits per heavy atom. The van der Waals surface area contributed by atoms with Crippen LogP contribution in [-0.2, 0) is 24.9 Å². The van der Waals surface area contributed by atoms with E-state index in [-0.39, 0.29) is 25.6 Å². The number of hydrogen-bond acceptors (Lipinski definition) is 6. The predicted molar refractivity (Wildman–Crippen MR) is 138 cm³/mol. The normalized spacial score (nSPS) is 14.6. The number of carbonyl (C=O) groups excluding carboxylic acids is 1. The molecule has 0 saturated heterocycles. The van der Waals surface area contributed by atoms with Gasteiger partial charge in [-0.3, -0.25) is 4.79 Å². The number of aryl methyl sites for hydroxylation is 2. The first kappa shape index (κ1) is 22.8. The van der Waals surface area contributed by atoms with E-state index in [0.29, 0.717) is 23.0 Å². The topological polar surface area (TPSA) is 82.6 Å². The first-order valence-corrected chi connectivity index (χ1v) is 12.2. The lowest BCUT2D eigenvalue weighted by molar-refractivity contribution is -0.142. The molecule has 6 rings (SSSR count). The minimum Gasteiger partial charge on any atom is -0.485 e. The molecular formula is C29H26N4O4. The van der Waals surface area contributed by atoms with Crippen LogP contribution in [-0.4, -0.2) is 38.2 Å². The van der Waals surface area contributed by atoms with E-state index in [1.54, 1.807) is 4.90 Å². The van der Waals surface area contributed by atoms with Crippen LogP contribution in [0.1, 0.15) is 17.1 Å². The maximum absolute atomic E-state index is 14.0. The maximum Gasteiger partial charge on any atom is 0.267 e. The molecule has 0 N–H and O–H groups in total. The summed E-state index contributed by atoms with van der Waals surface area (Å²) >= 11 is 0. The van der Waals surface area contributed by atoms with Gasteiger partial charge in [0.15, 0.2) is 11.5 Å². The molecule has 0 spiro atoms. The molecule has 5 aromatic rings. The molecule has 1 unspecified atom stereocenters. The van der Waals surface area contributed by atoms with Crippen LogP contribution in [0.5, 0.6) is 11.5 Å². The molecule has 3 heterocycles. The first-order chi connectivity index (χ1) is 18.1. The van der Waals surface area contributed by atoms with E-state index in [1.165, 1.54) is 0 Å². The van der Waals surface area contributed by atoms with Crippen LogP contribution in [0.3, 0.4) is 0 Å². The van der Waals surface area contributed by atoms with Gasteiger partial charge in [0.1, 0.15) is 23.9 Å². The van der Waals surface area contributed by atoms with Crippen LogP contribution in [0, 0.1) is 6.92 Å². The number of rotatable bonds is 6. The molecule has 2 aromatic heterocycles. The standard InChI is InChI=1S/C29H26N4O4/c1-19-21(28(31-37-19)20-10-4-3-5-11-20)16-33(17-27-30-22-12-6-7-13-23(22)32(27)2)29(34)26-18-35-24-14-8-9-15-25(24)36-26/h3-15,26H,16-18H2,1-2H3. The van der Waals surface area contributed by atoms with E-state index in [0.717, 1.165) is 28.0 Å². The third-order valence-corrected chi connectivity index (χ3v) is 6.69. The predicted octanol–water partition coefficient (Wildman–Crippen LogP) is 4.91. The molecule has 3 aromatic carbocycles. The number of aromatic nitrogens is 3. The van der Waals surface area contributed by atoms with Crippen LogP contribution >= 0.6 is 0 Å². The Labute approximate surface area is 214 Å². The summed E-state index contributed by atoms with van der Waals surface area (Å²) in [6.07, 6.45) is -0.787. The number of ether oxygens (including phenoxy) is 2. The lowest BCUT2D eigenvalue weighted by atomic mass is 10.1. The summed E-state index contributed by atoms with van der Waals surface area (Å²) in [5.41, 5.74) is 4.37. The second kappa shape index (κ2) is 9.46. The number of fused-ring (bicyclic) bond motifs is 2. The molecule has 0 saturated carbocycles. The average Bonchev–Trinajstić information content (AvgIpc) is 3.47. The van der Waals surface area contributed by atoms with E-state index in [1.807, 2.05) is 97.4 Å². The van der Waals surface area contributed by atoms with E-state index >= 15 is 0 Å². The smallest absolute Gasteiger partial charge is 0.267 e. The van der Waals surface area contributed by atoms with Gasteiger partial charge in [-0.05, 0) is 31.2 Å². The fourth-order valence-electron chi connectivity index (χ4n) is 4.66. The number of para-hydroxylation sites is 4. The SMILES string of the molecule is Cc1onc(-c2ccccc2)c1CN(Cc1nc2ccccc2n1C)C(=O)C1COc2ccccc2O1. The van der Waals surface area contributed by atoms with E-state index < -0.39 is 6.10 Å². The van der Waals surface area contributed by atoms with Gasteiger partial charge in [-0.15, -0.1) is 0 Å². The molecule has 1 aliphatic heterocycles. The van der Waals surface area contributed by atoms with Crippen LogP contribution < -0.4 is 9.47 Å². The van der Waals surface area contributed by atoms with Gasteiger partial charge in [0, 0.05) is 18.2 Å². The number of amides is 1. The number of hydrogen-bond donors (Lipinski definition) is 0. The third kappa shape index (κ3) is 4.31. The molecule has 8 nitrogen and oxygen atoms in total. The fraction of sp³-hybridized carbons (Fsp3) is 0.207. The summed E-state index contributed by atoms with van der Waals surface area (Å²) in [6.45, 7) is 2.56. The molecule has 0 radical (unpaired) electrons. The number of imidazole rings is 1. The Kier molecular flexibility index (Phi) is 5.84. The van der Waals surface area contributed by atoms with Gasteiger partial charge >= 0.3 is 0 Å². The van der Waals surface area contributed by atoms with Gasteiger partial charge in [0.05, 0.1) is 24.1 Å². The minimum atomic E-state index is -0.787. The lowest BCUT2D eigenvalue weighted by Crippen LogP contribution is -2.46. The highest BCUT2D eigenvalue weighted by atomic mass is 16.6. The van der Waals surface area contributed by atoms with Crippen LogP contribution in [0.15, 0.2) is 83.4 Å². The average molecular weight is 495 g/mol. The van der Waals surface area contributed by atoms with Gasteiger partial charge < -0.3 is 23.5 Å². The molecule has 1 aliphatic rings. The molecule has 8 heteroatoms. The van der Waals surface area contributed by atoms with Crippen molar-refractivity contribution in [1.82, 2.24) is 19.6 Å². The molecular weight excluding hydrogens is 468 g/mol. The molecule has 37 heavy (non-hydrogen) atoms. The molecule has 0 aliphatic carbocycles. The van der Waals surface area contributed by atoms with Crippen LogP contribution in [0.25, 0.3) is 22.3 Å². The first-order valence-electron chi connectivity index (χ1n) is 12.2.